The van der Waals surface area contributed by atoms with E-state index in [2.05, 4.69) is 26.8 Å². The van der Waals surface area contributed by atoms with Gasteiger partial charge in [0.2, 0.25) is 0 Å². The number of aliphatic hydroxyl groups is 2. The van der Waals surface area contributed by atoms with Crippen molar-refractivity contribution in [2.75, 3.05) is 6.61 Å². The van der Waals surface area contributed by atoms with E-state index in [0.29, 0.717) is 24.4 Å². The molecule has 3 aliphatic carbocycles. The van der Waals surface area contributed by atoms with Crippen LogP contribution in [0, 0.1) is 28.6 Å². The van der Waals surface area contributed by atoms with Gasteiger partial charge in [0.15, 0.2) is 0 Å². The molecule has 0 heterocycles. The predicted molar refractivity (Wildman–Crippen MR) is 67.4 cm³/mol. The quantitative estimate of drug-likeness (QED) is 0.686. The molecule has 2 fully saturated rings. The maximum absolute atomic E-state index is 9.89. The van der Waals surface area contributed by atoms with Crippen molar-refractivity contribution < 1.29 is 10.2 Å². The van der Waals surface area contributed by atoms with Gasteiger partial charge >= 0.3 is 0 Å². The first-order chi connectivity index (χ1) is 7.94. The van der Waals surface area contributed by atoms with Gasteiger partial charge in [-0.05, 0) is 47.8 Å². The lowest BCUT2D eigenvalue weighted by molar-refractivity contribution is 0.0775. The summed E-state index contributed by atoms with van der Waals surface area (Å²) in [5.74, 6) is 1.86. The van der Waals surface area contributed by atoms with E-state index in [1.54, 1.807) is 0 Å². The van der Waals surface area contributed by atoms with E-state index in [4.69, 9.17) is 0 Å². The number of rotatable bonds is 1. The average molecular weight is 236 g/mol. The molecule has 0 unspecified atom stereocenters. The second-order valence-electron chi connectivity index (χ2n) is 6.97. The van der Waals surface area contributed by atoms with Gasteiger partial charge < -0.3 is 10.2 Å². The summed E-state index contributed by atoms with van der Waals surface area (Å²) >= 11 is 0. The normalized spacial score (nSPS) is 56.9. The molecule has 2 nitrogen and oxygen atoms in total. The molecule has 2 saturated carbocycles. The Kier molecular flexibility index (Phi) is 2.32. The van der Waals surface area contributed by atoms with E-state index >= 15 is 0 Å². The molecule has 0 amide bonds. The minimum atomic E-state index is -0.247. The molecule has 0 spiro atoms. The van der Waals surface area contributed by atoms with Crippen molar-refractivity contribution >= 4 is 0 Å². The number of hydrogen-bond donors (Lipinski definition) is 2. The van der Waals surface area contributed by atoms with Crippen molar-refractivity contribution in [3.05, 3.63) is 11.6 Å². The zero-order valence-electron chi connectivity index (χ0n) is 11.1. The number of aliphatic hydroxyl groups excluding tert-OH is 2. The Morgan fingerprint density at radius 2 is 2.12 bits per heavy atom. The molecular weight excluding hydrogens is 212 g/mol. The van der Waals surface area contributed by atoms with Crippen LogP contribution in [-0.4, -0.2) is 22.9 Å². The Bertz CT molecular complexity index is 375. The molecule has 0 aromatic rings. The Hall–Kier alpha value is -0.340. The van der Waals surface area contributed by atoms with Gasteiger partial charge in [0, 0.05) is 6.61 Å². The Morgan fingerprint density at radius 3 is 2.76 bits per heavy atom. The van der Waals surface area contributed by atoms with E-state index in [0.717, 1.165) is 12.8 Å². The van der Waals surface area contributed by atoms with Crippen LogP contribution < -0.4 is 0 Å². The van der Waals surface area contributed by atoms with Crippen LogP contribution >= 0.6 is 0 Å². The zero-order valence-corrected chi connectivity index (χ0v) is 11.1. The summed E-state index contributed by atoms with van der Waals surface area (Å²) in [6, 6.07) is 0. The fraction of sp³-hybridized carbons (Fsp3) is 0.867. The lowest BCUT2D eigenvalue weighted by Crippen LogP contribution is -2.40. The molecule has 6 atom stereocenters. The van der Waals surface area contributed by atoms with Crippen molar-refractivity contribution in [2.45, 2.75) is 46.1 Å². The summed E-state index contributed by atoms with van der Waals surface area (Å²) < 4.78 is 0. The van der Waals surface area contributed by atoms with Gasteiger partial charge in [-0.2, -0.15) is 0 Å². The van der Waals surface area contributed by atoms with Crippen molar-refractivity contribution in [3.8, 4) is 0 Å². The molecule has 17 heavy (non-hydrogen) atoms. The Morgan fingerprint density at radius 1 is 1.41 bits per heavy atom. The summed E-state index contributed by atoms with van der Waals surface area (Å²) in [5.41, 5.74) is 1.82. The highest BCUT2D eigenvalue weighted by Crippen LogP contribution is 2.74. The zero-order chi connectivity index (χ0) is 12.4. The smallest absolute Gasteiger partial charge is 0.0726 e. The fourth-order valence-corrected chi connectivity index (χ4v) is 5.05. The van der Waals surface area contributed by atoms with E-state index < -0.39 is 0 Å². The van der Waals surface area contributed by atoms with Gasteiger partial charge in [-0.3, -0.25) is 0 Å². The van der Waals surface area contributed by atoms with Gasteiger partial charge in [0.1, 0.15) is 0 Å². The lowest BCUT2D eigenvalue weighted by atomic mass is 9.59. The second kappa shape index (κ2) is 3.36. The van der Waals surface area contributed by atoms with E-state index in [1.165, 1.54) is 12.0 Å². The number of fused-ring (bicyclic) bond motifs is 3. The monoisotopic (exact) mass is 236 g/mol. The molecule has 2 N–H and O–H groups in total. The van der Waals surface area contributed by atoms with Crippen LogP contribution in [0.25, 0.3) is 0 Å². The predicted octanol–water partition coefficient (Wildman–Crippen LogP) is 2.36. The lowest BCUT2D eigenvalue weighted by Gasteiger charge is -2.46. The van der Waals surface area contributed by atoms with E-state index in [-0.39, 0.29) is 16.9 Å². The molecule has 0 aliphatic heterocycles. The number of hydrogen-bond acceptors (Lipinski definition) is 2. The highest BCUT2D eigenvalue weighted by molar-refractivity contribution is 5.32. The van der Waals surface area contributed by atoms with Gasteiger partial charge in [-0.15, -0.1) is 0 Å². The van der Waals surface area contributed by atoms with Crippen molar-refractivity contribution in [3.63, 3.8) is 0 Å². The minimum Gasteiger partial charge on any atom is -0.396 e. The molecule has 96 valence electrons. The van der Waals surface area contributed by atoms with Crippen LogP contribution in [0.1, 0.15) is 40.0 Å². The van der Waals surface area contributed by atoms with Gasteiger partial charge in [0.25, 0.3) is 0 Å². The Labute approximate surface area is 104 Å². The maximum atomic E-state index is 9.89. The van der Waals surface area contributed by atoms with Crippen LogP contribution in [-0.2, 0) is 0 Å². The second-order valence-corrected chi connectivity index (χ2v) is 6.97. The number of allylic oxidation sites excluding steroid dienone is 1. The fourth-order valence-electron chi connectivity index (χ4n) is 5.05. The van der Waals surface area contributed by atoms with Gasteiger partial charge in [-0.25, -0.2) is 0 Å². The molecule has 0 aromatic carbocycles. The van der Waals surface area contributed by atoms with Crippen molar-refractivity contribution in [1.29, 1.82) is 0 Å². The summed E-state index contributed by atoms with van der Waals surface area (Å²) in [6.45, 7) is 7.20. The molecule has 0 saturated heterocycles. The molecule has 2 heteroatoms. The van der Waals surface area contributed by atoms with Crippen LogP contribution in [0.2, 0.25) is 0 Å². The topological polar surface area (TPSA) is 40.5 Å². The first kappa shape index (κ1) is 11.7. The molecular formula is C15H24O2. The molecule has 0 bridgehead atoms. The largest absolute Gasteiger partial charge is 0.396 e. The van der Waals surface area contributed by atoms with E-state index in [1.807, 2.05) is 0 Å². The van der Waals surface area contributed by atoms with Crippen molar-refractivity contribution in [2.24, 2.45) is 28.6 Å². The minimum absolute atomic E-state index is 0.140. The van der Waals surface area contributed by atoms with Crippen LogP contribution in [0.4, 0.5) is 0 Å². The summed E-state index contributed by atoms with van der Waals surface area (Å²) in [4.78, 5) is 0. The van der Waals surface area contributed by atoms with Crippen LogP contribution in [0.5, 0.6) is 0 Å². The molecule has 0 radical (unpaired) electrons. The van der Waals surface area contributed by atoms with Gasteiger partial charge in [-0.1, -0.05) is 32.4 Å². The average Bonchev–Trinajstić information content (AvgIpc) is 2.89. The molecule has 3 aliphatic rings. The van der Waals surface area contributed by atoms with E-state index in [9.17, 15) is 10.2 Å². The standard InChI is InChI=1S/C15H24O2/c1-9-6-11(17)7-10-4-5-12-13(15(9,10)3)14(12,2)8-16/h7,9,11-13,16-17H,4-6,8H2,1-3H3/t9-,11+,12-,13+,14+,15+/m1/s1. The van der Waals surface area contributed by atoms with Crippen LogP contribution in [0.3, 0.4) is 0 Å². The third kappa shape index (κ3) is 1.29. The summed E-state index contributed by atoms with van der Waals surface area (Å²) in [6.07, 6.45) is 5.05. The third-order valence-corrected chi connectivity index (χ3v) is 6.27. The Balaban J connectivity index is 2.01. The van der Waals surface area contributed by atoms with Gasteiger partial charge in [0.05, 0.1) is 6.10 Å². The first-order valence-electron chi connectivity index (χ1n) is 6.94. The highest BCUT2D eigenvalue weighted by Gasteiger charge is 2.70. The summed E-state index contributed by atoms with van der Waals surface area (Å²) in [5, 5.41) is 19.6. The summed E-state index contributed by atoms with van der Waals surface area (Å²) in [7, 11) is 0. The van der Waals surface area contributed by atoms with Crippen LogP contribution in [0.15, 0.2) is 11.6 Å². The molecule has 3 rings (SSSR count). The maximum Gasteiger partial charge on any atom is 0.0726 e. The van der Waals surface area contributed by atoms with Crippen molar-refractivity contribution in [1.82, 2.24) is 0 Å². The SMILES string of the molecule is C[C@@H]1C[C@H](O)C=C2CC[C@@H]3[C@@H]([C@@]3(C)CO)[C@]21C. The third-order valence-electron chi connectivity index (χ3n) is 6.27. The highest BCUT2D eigenvalue weighted by atomic mass is 16.3. The first-order valence-corrected chi connectivity index (χ1v) is 6.94. The molecule has 0 aromatic heterocycles.